The molecule has 0 N–H and O–H groups in total. The minimum atomic E-state index is -0.475. The van der Waals surface area contributed by atoms with E-state index >= 15 is 0 Å². The number of halogens is 1. The van der Waals surface area contributed by atoms with Gasteiger partial charge in [-0.25, -0.2) is 4.39 Å². The third-order valence-electron chi connectivity index (χ3n) is 4.39. The molecule has 1 unspecified atom stereocenters. The van der Waals surface area contributed by atoms with Crippen LogP contribution in [-0.4, -0.2) is 35.7 Å². The summed E-state index contributed by atoms with van der Waals surface area (Å²) in [6.45, 7) is 8.82. The number of nitrogens with zero attached hydrogens (tertiary/aromatic N) is 2. The molecule has 2 heterocycles. The lowest BCUT2D eigenvalue weighted by Crippen LogP contribution is -2.43. The molecule has 1 saturated heterocycles. The molecule has 134 valence electrons. The largest absolute Gasteiger partial charge is 0.370 e. The van der Waals surface area contributed by atoms with E-state index in [9.17, 15) is 9.18 Å². The summed E-state index contributed by atoms with van der Waals surface area (Å²) in [5.41, 5.74) is 1.31. The Kier molecular flexibility index (Phi) is 4.64. The van der Waals surface area contributed by atoms with Crippen molar-refractivity contribution in [1.82, 2.24) is 10.1 Å². The molecule has 0 radical (unpaired) electrons. The number of benzene rings is 1. The monoisotopic (exact) mass is 346 g/mol. The van der Waals surface area contributed by atoms with Gasteiger partial charge < -0.3 is 14.2 Å². The van der Waals surface area contributed by atoms with Crippen molar-refractivity contribution in [3.63, 3.8) is 0 Å². The first-order valence-corrected chi connectivity index (χ1v) is 8.41. The van der Waals surface area contributed by atoms with E-state index in [2.05, 4.69) is 5.16 Å². The van der Waals surface area contributed by atoms with E-state index in [0.717, 1.165) is 0 Å². The quantitative estimate of drug-likeness (QED) is 0.833. The van der Waals surface area contributed by atoms with Crippen molar-refractivity contribution < 1.29 is 18.4 Å². The minimum absolute atomic E-state index is 0.145. The highest BCUT2D eigenvalue weighted by Crippen LogP contribution is 2.30. The lowest BCUT2D eigenvalue weighted by Gasteiger charge is -2.33. The molecule has 1 aliphatic rings. The summed E-state index contributed by atoms with van der Waals surface area (Å²) in [5, 5.41) is 4.08. The van der Waals surface area contributed by atoms with Crippen LogP contribution in [0, 0.1) is 12.7 Å². The number of hydrogen-bond acceptors (Lipinski definition) is 4. The van der Waals surface area contributed by atoms with E-state index < -0.39 is 6.10 Å². The van der Waals surface area contributed by atoms with Gasteiger partial charge in [-0.2, -0.15) is 0 Å². The van der Waals surface area contributed by atoms with Crippen molar-refractivity contribution in [2.75, 3.05) is 19.7 Å². The molecular weight excluding hydrogens is 323 g/mol. The van der Waals surface area contributed by atoms with Gasteiger partial charge >= 0.3 is 0 Å². The summed E-state index contributed by atoms with van der Waals surface area (Å²) in [7, 11) is 0. The van der Waals surface area contributed by atoms with E-state index in [1.807, 2.05) is 20.8 Å². The highest BCUT2D eigenvalue weighted by Gasteiger charge is 2.34. The third-order valence-corrected chi connectivity index (χ3v) is 4.39. The van der Waals surface area contributed by atoms with Crippen LogP contribution in [0.1, 0.15) is 54.3 Å². The van der Waals surface area contributed by atoms with Crippen molar-refractivity contribution in [2.24, 2.45) is 0 Å². The molecule has 0 bridgehead atoms. The molecule has 5 nitrogen and oxygen atoms in total. The van der Waals surface area contributed by atoms with Crippen LogP contribution in [0.25, 0.3) is 0 Å². The zero-order valence-electron chi connectivity index (χ0n) is 15.0. The molecule has 2 aromatic rings. The van der Waals surface area contributed by atoms with Crippen LogP contribution in [0.2, 0.25) is 0 Å². The Morgan fingerprint density at radius 2 is 2.04 bits per heavy atom. The number of aromatic nitrogens is 1. The second kappa shape index (κ2) is 6.59. The molecule has 0 spiro atoms. The fraction of sp³-hybridized carbons (Fsp3) is 0.474. The van der Waals surface area contributed by atoms with E-state index in [0.29, 0.717) is 42.3 Å². The van der Waals surface area contributed by atoms with Gasteiger partial charge in [0, 0.05) is 17.5 Å². The van der Waals surface area contributed by atoms with Gasteiger partial charge in [0.1, 0.15) is 28.9 Å². The first kappa shape index (κ1) is 17.6. The van der Waals surface area contributed by atoms with E-state index in [1.54, 1.807) is 30.0 Å². The van der Waals surface area contributed by atoms with Gasteiger partial charge in [0.2, 0.25) is 0 Å². The highest BCUT2D eigenvalue weighted by atomic mass is 19.1. The average Bonchev–Trinajstić information content (AvgIpc) is 2.96. The van der Waals surface area contributed by atoms with Gasteiger partial charge in [-0.3, -0.25) is 4.79 Å². The number of rotatable bonds is 2. The number of carbonyl (C=O) groups excluding carboxylic acids is 1. The summed E-state index contributed by atoms with van der Waals surface area (Å²) in [6, 6.07) is 6.51. The lowest BCUT2D eigenvalue weighted by atomic mass is 9.88. The van der Waals surface area contributed by atoms with E-state index in [1.165, 1.54) is 6.07 Å². The zero-order chi connectivity index (χ0) is 18.2. The molecule has 1 atom stereocenters. The molecule has 1 aromatic heterocycles. The minimum Gasteiger partial charge on any atom is -0.370 e. The van der Waals surface area contributed by atoms with Gasteiger partial charge in [0.25, 0.3) is 5.91 Å². The summed E-state index contributed by atoms with van der Waals surface area (Å²) in [4.78, 5) is 14.8. The van der Waals surface area contributed by atoms with Gasteiger partial charge in [-0.15, -0.1) is 0 Å². The molecule has 1 amide bonds. The molecule has 0 saturated carbocycles. The maximum Gasteiger partial charge on any atom is 0.259 e. The highest BCUT2D eigenvalue weighted by molar-refractivity contribution is 5.96. The molecule has 0 aliphatic carbocycles. The molecule has 1 aliphatic heterocycles. The number of aryl methyl sites for hydroxylation is 1. The van der Waals surface area contributed by atoms with Crippen LogP contribution in [0.4, 0.5) is 4.39 Å². The van der Waals surface area contributed by atoms with Crippen LogP contribution in [0.15, 0.2) is 28.8 Å². The first-order valence-electron chi connectivity index (χ1n) is 8.41. The molecule has 6 heteroatoms. The smallest absolute Gasteiger partial charge is 0.259 e. The summed E-state index contributed by atoms with van der Waals surface area (Å²) >= 11 is 0. The third kappa shape index (κ3) is 3.44. The van der Waals surface area contributed by atoms with Gasteiger partial charge in [-0.1, -0.05) is 44.1 Å². The number of hydrogen-bond donors (Lipinski definition) is 0. The van der Waals surface area contributed by atoms with Crippen molar-refractivity contribution in [1.29, 1.82) is 0 Å². The van der Waals surface area contributed by atoms with Crippen molar-refractivity contribution >= 4 is 5.91 Å². The second-order valence-corrected chi connectivity index (χ2v) is 7.34. The normalized spacial score (nSPS) is 18.4. The molecule has 1 aromatic carbocycles. The Labute approximate surface area is 146 Å². The maximum absolute atomic E-state index is 14.1. The van der Waals surface area contributed by atoms with Crippen molar-refractivity contribution in [3.8, 4) is 0 Å². The maximum atomic E-state index is 14.1. The van der Waals surface area contributed by atoms with Crippen molar-refractivity contribution in [3.05, 3.63) is 52.7 Å². The van der Waals surface area contributed by atoms with E-state index in [-0.39, 0.29) is 17.1 Å². The Balaban J connectivity index is 1.87. The Morgan fingerprint density at radius 1 is 1.32 bits per heavy atom. The number of morpholine rings is 1. The van der Waals surface area contributed by atoms with Crippen LogP contribution >= 0.6 is 0 Å². The summed E-state index contributed by atoms with van der Waals surface area (Å²) in [5.74, 6) is 0.0375. The lowest BCUT2D eigenvalue weighted by molar-refractivity contribution is -0.0244. The fourth-order valence-corrected chi connectivity index (χ4v) is 3.05. The number of amides is 1. The van der Waals surface area contributed by atoms with Crippen LogP contribution < -0.4 is 0 Å². The topological polar surface area (TPSA) is 55.6 Å². The van der Waals surface area contributed by atoms with Crippen LogP contribution in [0.3, 0.4) is 0 Å². The van der Waals surface area contributed by atoms with Crippen LogP contribution in [-0.2, 0) is 10.2 Å². The predicted molar refractivity (Wildman–Crippen MR) is 90.9 cm³/mol. The average molecular weight is 346 g/mol. The number of ether oxygens (including phenoxy) is 1. The van der Waals surface area contributed by atoms with E-state index in [4.69, 9.17) is 9.26 Å². The zero-order valence-corrected chi connectivity index (χ0v) is 15.0. The standard InChI is InChI=1S/C19H23FN2O3/c1-12-16(17(21-25-12)19(2,3)4)18(23)22-9-10-24-15(11-22)13-7-5-6-8-14(13)20/h5-8,15H,9-11H2,1-4H3. The SMILES string of the molecule is Cc1onc(C(C)(C)C)c1C(=O)N1CCOC(c2ccccc2F)C1. The Hall–Kier alpha value is -2.21. The Morgan fingerprint density at radius 3 is 2.72 bits per heavy atom. The van der Waals surface area contributed by atoms with Crippen LogP contribution in [0.5, 0.6) is 0 Å². The second-order valence-electron chi connectivity index (χ2n) is 7.34. The predicted octanol–water partition coefficient (Wildman–Crippen LogP) is 3.63. The summed E-state index contributed by atoms with van der Waals surface area (Å²) < 4.78 is 25.0. The molecule has 1 fully saturated rings. The molecular formula is C19H23FN2O3. The Bertz CT molecular complexity index is 779. The molecule has 25 heavy (non-hydrogen) atoms. The first-order chi connectivity index (χ1) is 11.8. The summed E-state index contributed by atoms with van der Waals surface area (Å²) in [6.07, 6.45) is -0.475. The van der Waals surface area contributed by atoms with Gasteiger partial charge in [0.05, 0.1) is 13.2 Å². The van der Waals surface area contributed by atoms with Gasteiger partial charge in [-0.05, 0) is 13.0 Å². The number of carbonyl (C=O) groups is 1. The molecule has 3 rings (SSSR count). The fourth-order valence-electron chi connectivity index (χ4n) is 3.05. The van der Waals surface area contributed by atoms with Gasteiger partial charge in [0.15, 0.2) is 0 Å². The van der Waals surface area contributed by atoms with Crippen molar-refractivity contribution in [2.45, 2.75) is 39.2 Å².